The first kappa shape index (κ1) is 25.2. The van der Waals surface area contributed by atoms with E-state index in [1.54, 1.807) is 24.1 Å². The van der Waals surface area contributed by atoms with Crippen molar-refractivity contribution in [3.05, 3.63) is 60.6 Å². The molecule has 9 nitrogen and oxygen atoms in total. The fourth-order valence-electron chi connectivity index (χ4n) is 4.24. The van der Waals surface area contributed by atoms with Gasteiger partial charge in [-0.05, 0) is 68.3 Å². The molecule has 2 aromatic heterocycles. The molecule has 3 heterocycles. The van der Waals surface area contributed by atoms with Gasteiger partial charge in [-0.2, -0.15) is 0 Å². The van der Waals surface area contributed by atoms with Crippen LogP contribution in [-0.2, 0) is 4.79 Å². The van der Waals surface area contributed by atoms with Crippen LogP contribution in [0.3, 0.4) is 0 Å². The van der Waals surface area contributed by atoms with Crippen molar-refractivity contribution in [1.29, 1.82) is 0 Å². The van der Waals surface area contributed by atoms with Gasteiger partial charge in [0.25, 0.3) is 5.91 Å². The van der Waals surface area contributed by atoms with Gasteiger partial charge in [0.1, 0.15) is 12.3 Å². The fraction of sp³-hybridized carbons (Fsp3) is 0.407. The third-order valence-corrected chi connectivity index (χ3v) is 6.63. The molecule has 1 atom stereocenters. The predicted molar refractivity (Wildman–Crippen MR) is 137 cm³/mol. The first-order valence-corrected chi connectivity index (χ1v) is 12.4. The van der Waals surface area contributed by atoms with E-state index in [4.69, 9.17) is 9.15 Å². The summed E-state index contributed by atoms with van der Waals surface area (Å²) in [5.41, 5.74) is 1.76. The molecule has 0 unspecified atom stereocenters. The van der Waals surface area contributed by atoms with Crippen LogP contribution in [0.4, 0.5) is 5.82 Å². The molecule has 0 N–H and O–H groups in total. The molecule has 4 rings (SSSR count). The second-order valence-electron chi connectivity index (χ2n) is 8.89. The highest BCUT2D eigenvalue weighted by atomic mass is 16.5. The fourth-order valence-corrected chi connectivity index (χ4v) is 4.24. The molecular weight excluding hydrogens is 458 g/mol. The lowest BCUT2D eigenvalue weighted by atomic mass is 10.1. The van der Waals surface area contributed by atoms with Crippen molar-refractivity contribution in [2.75, 3.05) is 44.7 Å². The second kappa shape index (κ2) is 11.7. The highest BCUT2D eigenvalue weighted by molar-refractivity contribution is 5.94. The first-order chi connectivity index (χ1) is 17.5. The van der Waals surface area contributed by atoms with Gasteiger partial charge < -0.3 is 23.9 Å². The normalized spacial score (nSPS) is 14.8. The van der Waals surface area contributed by atoms with E-state index in [1.807, 2.05) is 55.1 Å². The predicted octanol–water partition coefficient (Wildman–Crippen LogP) is 3.72. The monoisotopic (exact) mass is 491 g/mol. The Morgan fingerprint density at radius 3 is 2.50 bits per heavy atom. The van der Waals surface area contributed by atoms with E-state index in [0.29, 0.717) is 19.6 Å². The Hall–Kier alpha value is -3.88. The van der Waals surface area contributed by atoms with Gasteiger partial charge in [-0.3, -0.25) is 9.59 Å². The molecule has 0 aliphatic carbocycles. The zero-order chi connectivity index (χ0) is 25.5. The van der Waals surface area contributed by atoms with E-state index in [1.165, 1.54) is 6.26 Å². The summed E-state index contributed by atoms with van der Waals surface area (Å²) in [5, 5.41) is 8.86. The number of furan rings is 1. The van der Waals surface area contributed by atoms with E-state index in [2.05, 4.69) is 15.1 Å². The zero-order valence-corrected chi connectivity index (χ0v) is 21.1. The van der Waals surface area contributed by atoms with E-state index in [9.17, 15) is 9.59 Å². The summed E-state index contributed by atoms with van der Waals surface area (Å²) in [5.74, 6) is 1.52. The summed E-state index contributed by atoms with van der Waals surface area (Å²) in [6, 6.07) is 14.9. The Balaban J connectivity index is 1.37. The van der Waals surface area contributed by atoms with Crippen molar-refractivity contribution in [3.63, 3.8) is 0 Å². The van der Waals surface area contributed by atoms with Gasteiger partial charge in [0.05, 0.1) is 19.1 Å². The summed E-state index contributed by atoms with van der Waals surface area (Å²) >= 11 is 0. The standard InChI is InChI=1S/C27H33N5O4/c1-4-20(2)32(27(34)24-7-5-18-36-24)19-26(33)31-15-6-14-30(16-17-31)25-13-12-23(28-29-25)21-8-10-22(35-3)11-9-21/h5,7-13,18,20H,4,6,14-17,19H2,1-3H3/t20-/m1/s1. The lowest BCUT2D eigenvalue weighted by Gasteiger charge is -2.30. The number of carbonyl (C=O) groups excluding carboxylic acids is 2. The lowest BCUT2D eigenvalue weighted by Crippen LogP contribution is -2.47. The van der Waals surface area contributed by atoms with E-state index in [0.717, 1.165) is 42.2 Å². The Bertz CT molecular complexity index is 1130. The van der Waals surface area contributed by atoms with Gasteiger partial charge in [0.15, 0.2) is 11.6 Å². The molecule has 0 bridgehead atoms. The van der Waals surface area contributed by atoms with Crippen molar-refractivity contribution < 1.29 is 18.7 Å². The third-order valence-electron chi connectivity index (χ3n) is 6.63. The molecule has 0 spiro atoms. The van der Waals surface area contributed by atoms with Gasteiger partial charge in [-0.25, -0.2) is 0 Å². The van der Waals surface area contributed by atoms with Crippen molar-refractivity contribution in [3.8, 4) is 17.0 Å². The van der Waals surface area contributed by atoms with Crippen LogP contribution in [0.15, 0.2) is 59.2 Å². The Morgan fingerprint density at radius 2 is 1.86 bits per heavy atom. The average Bonchev–Trinajstić information content (AvgIpc) is 3.35. The third kappa shape index (κ3) is 5.84. The van der Waals surface area contributed by atoms with Gasteiger partial charge in [0, 0.05) is 37.8 Å². The minimum absolute atomic E-state index is 0.0326. The van der Waals surface area contributed by atoms with Crippen molar-refractivity contribution in [1.82, 2.24) is 20.0 Å². The van der Waals surface area contributed by atoms with E-state index >= 15 is 0 Å². The molecule has 190 valence electrons. The first-order valence-electron chi connectivity index (χ1n) is 12.4. The summed E-state index contributed by atoms with van der Waals surface area (Å²) < 4.78 is 10.5. The van der Waals surface area contributed by atoms with Crippen LogP contribution in [0.5, 0.6) is 5.75 Å². The van der Waals surface area contributed by atoms with Crippen molar-refractivity contribution >= 4 is 17.6 Å². The maximum absolute atomic E-state index is 13.2. The molecule has 9 heteroatoms. The molecule has 0 saturated carbocycles. The summed E-state index contributed by atoms with van der Waals surface area (Å²) in [7, 11) is 1.64. The molecule has 1 saturated heterocycles. The van der Waals surface area contributed by atoms with E-state index in [-0.39, 0.29) is 30.2 Å². The highest BCUT2D eigenvalue weighted by Crippen LogP contribution is 2.22. The minimum Gasteiger partial charge on any atom is -0.497 e. The molecule has 1 aromatic carbocycles. The molecule has 36 heavy (non-hydrogen) atoms. The molecule has 1 aliphatic rings. The number of anilines is 1. The van der Waals surface area contributed by atoms with Crippen LogP contribution in [0, 0.1) is 0 Å². The second-order valence-corrected chi connectivity index (χ2v) is 8.89. The summed E-state index contributed by atoms with van der Waals surface area (Å²) in [6.45, 7) is 6.61. The van der Waals surface area contributed by atoms with Gasteiger partial charge >= 0.3 is 0 Å². The van der Waals surface area contributed by atoms with Crippen molar-refractivity contribution in [2.45, 2.75) is 32.7 Å². The van der Waals surface area contributed by atoms with Crippen LogP contribution >= 0.6 is 0 Å². The number of ether oxygens (including phenoxy) is 1. The number of aromatic nitrogens is 2. The summed E-state index contributed by atoms with van der Waals surface area (Å²) in [4.78, 5) is 31.7. The van der Waals surface area contributed by atoms with Crippen molar-refractivity contribution in [2.24, 2.45) is 0 Å². The van der Waals surface area contributed by atoms with Crippen LogP contribution in [0.25, 0.3) is 11.3 Å². The topological polar surface area (TPSA) is 92.0 Å². The number of hydrogen-bond donors (Lipinski definition) is 0. The van der Waals surface area contributed by atoms with E-state index < -0.39 is 0 Å². The minimum atomic E-state index is -0.258. The average molecular weight is 492 g/mol. The number of benzene rings is 1. The SMILES string of the molecule is CC[C@@H](C)N(CC(=O)N1CCCN(c2ccc(-c3ccc(OC)cc3)nn2)CC1)C(=O)c1ccco1. The molecule has 3 aromatic rings. The molecule has 1 aliphatic heterocycles. The zero-order valence-electron chi connectivity index (χ0n) is 21.1. The van der Waals surface area contributed by atoms with Gasteiger partial charge in [-0.15, -0.1) is 10.2 Å². The Morgan fingerprint density at radius 1 is 1.06 bits per heavy atom. The van der Waals surface area contributed by atoms with Crippen LogP contribution in [0.2, 0.25) is 0 Å². The maximum atomic E-state index is 13.2. The number of hydrogen-bond acceptors (Lipinski definition) is 7. The quantitative estimate of drug-likeness (QED) is 0.474. The van der Waals surface area contributed by atoms with Crippen LogP contribution in [0.1, 0.15) is 37.2 Å². The van der Waals surface area contributed by atoms with Gasteiger partial charge in [-0.1, -0.05) is 6.92 Å². The molecule has 0 radical (unpaired) electrons. The smallest absolute Gasteiger partial charge is 0.290 e. The molecule has 2 amide bonds. The highest BCUT2D eigenvalue weighted by Gasteiger charge is 2.28. The summed E-state index contributed by atoms with van der Waals surface area (Å²) in [6.07, 6.45) is 3.03. The number of nitrogens with zero attached hydrogens (tertiary/aromatic N) is 5. The number of carbonyl (C=O) groups is 2. The molecule has 1 fully saturated rings. The maximum Gasteiger partial charge on any atom is 0.290 e. The van der Waals surface area contributed by atoms with Gasteiger partial charge in [0.2, 0.25) is 5.91 Å². The molecular formula is C27H33N5O4. The number of amides is 2. The number of rotatable bonds is 8. The number of methoxy groups -OCH3 is 1. The Kier molecular flexibility index (Phi) is 8.20. The Labute approximate surface area is 211 Å². The lowest BCUT2D eigenvalue weighted by molar-refractivity contribution is -0.132. The van der Waals surface area contributed by atoms with Crippen LogP contribution < -0.4 is 9.64 Å². The van der Waals surface area contributed by atoms with Crippen LogP contribution in [-0.4, -0.2) is 77.7 Å². The largest absolute Gasteiger partial charge is 0.497 e.